The van der Waals surface area contributed by atoms with Crippen LogP contribution in [0.4, 0.5) is 4.39 Å². The molecule has 0 radical (unpaired) electrons. The Kier molecular flexibility index (Phi) is 7.61. The van der Waals surface area contributed by atoms with E-state index in [0.29, 0.717) is 18.8 Å². The lowest BCUT2D eigenvalue weighted by Crippen LogP contribution is -2.30. The van der Waals surface area contributed by atoms with E-state index in [2.05, 4.69) is 5.32 Å². The number of hydrogen-bond acceptors (Lipinski definition) is 4. The van der Waals surface area contributed by atoms with Gasteiger partial charge < -0.3 is 14.8 Å². The largest absolute Gasteiger partial charge is 0.494 e. The molecule has 0 bridgehead atoms. The molecule has 6 heteroatoms. The van der Waals surface area contributed by atoms with Gasteiger partial charge in [-0.2, -0.15) is 0 Å². The topological polar surface area (TPSA) is 64.6 Å². The number of hydrogen-bond donors (Lipinski definition) is 1. The molecule has 1 amide bonds. The molecule has 0 saturated heterocycles. The van der Waals surface area contributed by atoms with Crippen LogP contribution < -0.4 is 10.1 Å². The number of carbonyl (C=O) groups is 2. The van der Waals surface area contributed by atoms with E-state index in [1.165, 1.54) is 31.4 Å². The Morgan fingerprint density at radius 3 is 2.42 bits per heavy atom. The summed E-state index contributed by atoms with van der Waals surface area (Å²) in [5, 5.41) is 2.86. The molecular weight excluding hydrogens is 337 g/mol. The minimum absolute atomic E-state index is 0.0678. The zero-order valence-corrected chi connectivity index (χ0v) is 14.6. The Hall–Kier alpha value is -2.89. The number of benzene rings is 2. The molecule has 5 nitrogen and oxygen atoms in total. The van der Waals surface area contributed by atoms with Crippen molar-refractivity contribution in [1.82, 2.24) is 5.32 Å². The van der Waals surface area contributed by atoms with Gasteiger partial charge >= 0.3 is 5.97 Å². The van der Waals surface area contributed by atoms with Crippen LogP contribution in [-0.4, -0.2) is 25.6 Å². The molecule has 0 heterocycles. The zero-order chi connectivity index (χ0) is 18.8. The van der Waals surface area contributed by atoms with Crippen LogP contribution in [0.5, 0.6) is 5.75 Å². The fourth-order valence-electron chi connectivity index (χ4n) is 2.41. The minimum atomic E-state index is -0.436. The number of esters is 1. The Balaban J connectivity index is 1.80. The van der Waals surface area contributed by atoms with Crippen LogP contribution >= 0.6 is 0 Å². The van der Waals surface area contributed by atoms with Crippen molar-refractivity contribution >= 4 is 11.9 Å². The molecule has 0 fully saturated rings. The molecule has 1 atom stereocenters. The van der Waals surface area contributed by atoms with E-state index in [1.807, 2.05) is 30.3 Å². The van der Waals surface area contributed by atoms with E-state index in [4.69, 9.17) is 9.47 Å². The number of amides is 1. The lowest BCUT2D eigenvalue weighted by Gasteiger charge is -2.18. The van der Waals surface area contributed by atoms with Crippen LogP contribution in [0.15, 0.2) is 54.6 Å². The van der Waals surface area contributed by atoms with Crippen molar-refractivity contribution in [2.24, 2.45) is 0 Å². The molecule has 0 aromatic heterocycles. The van der Waals surface area contributed by atoms with Gasteiger partial charge in [-0.25, -0.2) is 4.39 Å². The van der Waals surface area contributed by atoms with E-state index in [0.717, 1.165) is 5.56 Å². The molecule has 1 N–H and O–H groups in total. The lowest BCUT2D eigenvalue weighted by molar-refractivity contribution is -0.141. The molecule has 26 heavy (non-hydrogen) atoms. The SMILES string of the molecule is COC(=O)CC(NC(=O)CCCOc1ccc(F)cc1)c1ccccc1. The highest BCUT2D eigenvalue weighted by atomic mass is 19.1. The number of carbonyl (C=O) groups excluding carboxylic acids is 2. The first-order valence-corrected chi connectivity index (χ1v) is 8.38. The zero-order valence-electron chi connectivity index (χ0n) is 14.6. The third-order valence-corrected chi connectivity index (χ3v) is 3.77. The van der Waals surface area contributed by atoms with Gasteiger partial charge in [0, 0.05) is 6.42 Å². The van der Waals surface area contributed by atoms with Gasteiger partial charge in [0.2, 0.25) is 5.91 Å². The van der Waals surface area contributed by atoms with Crippen molar-refractivity contribution in [2.75, 3.05) is 13.7 Å². The summed E-state index contributed by atoms with van der Waals surface area (Å²) < 4.78 is 23.0. The predicted octanol–water partition coefficient (Wildman–Crippen LogP) is 3.41. The number of methoxy groups -OCH3 is 1. The summed E-state index contributed by atoms with van der Waals surface area (Å²) in [6.07, 6.45) is 0.826. The molecule has 2 aromatic carbocycles. The second-order valence-electron chi connectivity index (χ2n) is 5.72. The van der Waals surface area contributed by atoms with Crippen LogP contribution in [0.1, 0.15) is 30.9 Å². The monoisotopic (exact) mass is 359 g/mol. The van der Waals surface area contributed by atoms with Gasteiger partial charge in [-0.15, -0.1) is 0 Å². The summed E-state index contributed by atoms with van der Waals surface area (Å²) in [6, 6.07) is 14.6. The second kappa shape index (κ2) is 10.2. The molecule has 0 spiro atoms. The molecule has 2 rings (SSSR count). The van der Waals surface area contributed by atoms with Crippen molar-refractivity contribution in [3.8, 4) is 5.75 Å². The Bertz CT molecular complexity index is 704. The molecule has 0 aliphatic heterocycles. The van der Waals surface area contributed by atoms with Crippen LogP contribution in [0.3, 0.4) is 0 Å². The average Bonchev–Trinajstić information content (AvgIpc) is 2.66. The highest BCUT2D eigenvalue weighted by Gasteiger charge is 2.18. The minimum Gasteiger partial charge on any atom is -0.494 e. The first-order valence-electron chi connectivity index (χ1n) is 8.38. The summed E-state index contributed by atoms with van der Waals surface area (Å²) in [5.41, 5.74) is 0.841. The highest BCUT2D eigenvalue weighted by Crippen LogP contribution is 2.17. The quantitative estimate of drug-likeness (QED) is 0.550. The summed E-state index contributed by atoms with van der Waals surface area (Å²) >= 11 is 0. The fraction of sp³-hybridized carbons (Fsp3) is 0.300. The first kappa shape index (κ1) is 19.4. The lowest BCUT2D eigenvalue weighted by atomic mass is 10.0. The van der Waals surface area contributed by atoms with E-state index in [9.17, 15) is 14.0 Å². The molecule has 0 aliphatic carbocycles. The molecule has 0 saturated carbocycles. The van der Waals surface area contributed by atoms with Gasteiger partial charge in [0.1, 0.15) is 11.6 Å². The van der Waals surface area contributed by atoms with Gasteiger partial charge in [-0.05, 0) is 36.2 Å². The maximum Gasteiger partial charge on any atom is 0.307 e. The highest BCUT2D eigenvalue weighted by molar-refractivity contribution is 5.78. The number of nitrogens with one attached hydrogen (secondary N) is 1. The predicted molar refractivity (Wildman–Crippen MR) is 95.1 cm³/mol. The normalized spacial score (nSPS) is 11.5. The third kappa shape index (κ3) is 6.55. The van der Waals surface area contributed by atoms with Crippen LogP contribution in [0.25, 0.3) is 0 Å². The van der Waals surface area contributed by atoms with Gasteiger partial charge in [0.25, 0.3) is 0 Å². The van der Waals surface area contributed by atoms with E-state index in [-0.39, 0.29) is 24.6 Å². The van der Waals surface area contributed by atoms with E-state index >= 15 is 0 Å². The van der Waals surface area contributed by atoms with Gasteiger partial charge in [-0.3, -0.25) is 9.59 Å². The smallest absolute Gasteiger partial charge is 0.307 e. The van der Waals surface area contributed by atoms with Crippen molar-refractivity contribution in [1.29, 1.82) is 0 Å². The van der Waals surface area contributed by atoms with E-state index < -0.39 is 12.0 Å². The summed E-state index contributed by atoms with van der Waals surface area (Å²) in [7, 11) is 1.32. The number of ether oxygens (including phenoxy) is 2. The van der Waals surface area contributed by atoms with Gasteiger partial charge in [-0.1, -0.05) is 30.3 Å². The Labute approximate surface area is 152 Å². The summed E-state index contributed by atoms with van der Waals surface area (Å²) in [5.74, 6) is -0.335. The molecule has 0 aliphatic rings. The molecule has 138 valence electrons. The van der Waals surface area contributed by atoms with Crippen molar-refractivity contribution in [3.05, 3.63) is 66.0 Å². The average molecular weight is 359 g/mol. The van der Waals surface area contributed by atoms with Crippen LogP contribution in [0.2, 0.25) is 0 Å². The molecule has 2 aromatic rings. The van der Waals surface area contributed by atoms with E-state index in [1.54, 1.807) is 0 Å². The maximum absolute atomic E-state index is 12.8. The van der Waals surface area contributed by atoms with Gasteiger partial charge in [0.15, 0.2) is 0 Å². The Morgan fingerprint density at radius 1 is 1.08 bits per heavy atom. The number of rotatable bonds is 9. The molecular formula is C20H22FNO4. The van der Waals surface area contributed by atoms with Crippen molar-refractivity contribution in [3.63, 3.8) is 0 Å². The third-order valence-electron chi connectivity index (χ3n) is 3.77. The second-order valence-corrected chi connectivity index (χ2v) is 5.72. The number of halogens is 1. The van der Waals surface area contributed by atoms with Crippen molar-refractivity contribution in [2.45, 2.75) is 25.3 Å². The maximum atomic E-state index is 12.8. The summed E-state index contributed by atoms with van der Waals surface area (Å²) in [4.78, 5) is 23.8. The Morgan fingerprint density at radius 2 is 1.77 bits per heavy atom. The van der Waals surface area contributed by atoms with Crippen LogP contribution in [0, 0.1) is 5.82 Å². The van der Waals surface area contributed by atoms with Crippen molar-refractivity contribution < 1.29 is 23.5 Å². The first-order chi connectivity index (χ1) is 12.6. The van der Waals surface area contributed by atoms with Crippen LogP contribution in [-0.2, 0) is 14.3 Å². The molecule has 1 unspecified atom stereocenters. The summed E-state index contributed by atoms with van der Waals surface area (Å²) in [6.45, 7) is 0.339. The van der Waals surface area contributed by atoms with Gasteiger partial charge in [0.05, 0.1) is 26.2 Å². The fourth-order valence-corrected chi connectivity index (χ4v) is 2.41. The standard InChI is InChI=1S/C20H22FNO4/c1-25-20(24)14-18(15-6-3-2-4-7-15)22-19(23)8-5-13-26-17-11-9-16(21)10-12-17/h2-4,6-7,9-12,18H,5,8,13-14H2,1H3,(H,22,23).